The van der Waals surface area contributed by atoms with E-state index in [0.29, 0.717) is 0 Å². The summed E-state index contributed by atoms with van der Waals surface area (Å²) in [7, 11) is 0. The molecule has 0 radical (unpaired) electrons. The number of hydrogen-bond donors (Lipinski definition) is 0. The van der Waals surface area contributed by atoms with Crippen molar-refractivity contribution in [1.29, 1.82) is 0 Å². The molecule has 10 aromatic carbocycles. The number of para-hydroxylation sites is 2. The van der Waals surface area contributed by atoms with Gasteiger partial charge < -0.3 is 18.6 Å². The number of hydrogen-bond acceptors (Lipinski definition) is 4. The molecule has 0 atom stereocenters. The molecule has 0 aliphatic heterocycles. The van der Waals surface area contributed by atoms with E-state index in [1.807, 2.05) is 0 Å². The average molecular weight is 971 g/mol. The minimum Gasteiger partial charge on any atom is -0.455 e. The van der Waals surface area contributed by atoms with Crippen molar-refractivity contribution in [2.45, 2.75) is 60.8 Å². The molecule has 1 aliphatic carbocycles. The standard InChI is InChI=1S/C71H58N2O2/c1-43-27-31-53(37-47(43)5)72(54-32-28-44(2)48(6)38-54)63-41-61-57(69-67(63)59-23-15-17-25-65(59)74-69)35-36-58-62(71(61,51-19-11-9-12-20-51)52-21-13-10-14-22-52)42-64(68-60-24-16-18-26-66(60)75-70(58)68)73(55-33-29-45(3)49(7)39-55)56-34-30-46(4)50(8)40-56/h9-42H,1-8H3. The predicted molar refractivity (Wildman–Crippen MR) is 315 cm³/mol. The molecule has 2 heterocycles. The van der Waals surface area contributed by atoms with Gasteiger partial charge in [-0.2, -0.15) is 0 Å². The molecule has 75 heavy (non-hydrogen) atoms. The monoisotopic (exact) mass is 970 g/mol. The van der Waals surface area contributed by atoms with Gasteiger partial charge in [0.1, 0.15) is 22.3 Å². The van der Waals surface area contributed by atoms with Crippen LogP contribution in [0.15, 0.2) is 203 Å². The molecular weight excluding hydrogens is 913 g/mol. The first-order chi connectivity index (χ1) is 36.5. The van der Waals surface area contributed by atoms with E-state index in [1.165, 1.54) is 44.5 Å². The van der Waals surface area contributed by atoms with E-state index >= 15 is 0 Å². The van der Waals surface area contributed by atoms with Crippen LogP contribution >= 0.6 is 0 Å². The highest BCUT2D eigenvalue weighted by Crippen LogP contribution is 2.58. The Morgan fingerprint density at radius 2 is 0.640 bits per heavy atom. The Hall–Kier alpha value is -8.86. The fourth-order valence-corrected chi connectivity index (χ4v) is 11.9. The highest BCUT2D eigenvalue weighted by molar-refractivity contribution is 6.19. The van der Waals surface area contributed by atoms with Gasteiger partial charge >= 0.3 is 0 Å². The molecule has 364 valence electrons. The maximum absolute atomic E-state index is 7.36. The van der Waals surface area contributed by atoms with Crippen molar-refractivity contribution < 1.29 is 8.83 Å². The topological polar surface area (TPSA) is 32.8 Å². The van der Waals surface area contributed by atoms with Gasteiger partial charge in [-0.25, -0.2) is 0 Å². The molecule has 0 N–H and O–H groups in total. The molecule has 0 fully saturated rings. The maximum atomic E-state index is 7.36. The Morgan fingerprint density at radius 3 is 0.973 bits per heavy atom. The van der Waals surface area contributed by atoms with Crippen LogP contribution in [0.1, 0.15) is 77.9 Å². The van der Waals surface area contributed by atoms with Crippen LogP contribution < -0.4 is 9.80 Å². The Kier molecular flexibility index (Phi) is 10.8. The molecule has 1 aliphatic rings. The first-order valence-corrected chi connectivity index (χ1v) is 26.2. The van der Waals surface area contributed by atoms with Crippen LogP contribution in [0, 0.1) is 55.4 Å². The second kappa shape index (κ2) is 17.7. The fraction of sp³-hybridized carbons (Fsp3) is 0.127. The normalized spacial score (nSPS) is 12.9. The molecule has 0 bridgehead atoms. The summed E-state index contributed by atoms with van der Waals surface area (Å²) in [5.74, 6) is 0. The molecule has 0 spiro atoms. The summed E-state index contributed by atoms with van der Waals surface area (Å²) in [6.45, 7) is 17.6. The van der Waals surface area contributed by atoms with E-state index in [4.69, 9.17) is 8.83 Å². The minimum atomic E-state index is -0.962. The zero-order chi connectivity index (χ0) is 51.3. The van der Waals surface area contributed by atoms with Crippen molar-refractivity contribution in [2.75, 3.05) is 9.80 Å². The van der Waals surface area contributed by atoms with E-state index in [9.17, 15) is 0 Å². The van der Waals surface area contributed by atoms with E-state index in [2.05, 4.69) is 271 Å². The second-order valence-electron chi connectivity index (χ2n) is 20.9. The number of anilines is 6. The lowest BCUT2D eigenvalue weighted by molar-refractivity contribution is 0.660. The van der Waals surface area contributed by atoms with Gasteiger partial charge in [-0.05, 0) is 195 Å². The third kappa shape index (κ3) is 7.18. The Bertz CT molecular complexity index is 3910. The highest BCUT2D eigenvalue weighted by atomic mass is 16.3. The summed E-state index contributed by atoms with van der Waals surface area (Å²) in [5.41, 5.74) is 25.1. The molecule has 13 rings (SSSR count). The summed E-state index contributed by atoms with van der Waals surface area (Å²) < 4.78 is 14.7. The lowest BCUT2D eigenvalue weighted by atomic mass is 9.63. The van der Waals surface area contributed by atoms with Crippen molar-refractivity contribution in [3.05, 3.63) is 272 Å². The van der Waals surface area contributed by atoms with Gasteiger partial charge in [0.25, 0.3) is 0 Å². The Morgan fingerprint density at radius 1 is 0.320 bits per heavy atom. The maximum Gasteiger partial charge on any atom is 0.145 e. The molecule has 4 heteroatoms. The van der Waals surface area contributed by atoms with Crippen LogP contribution in [0.25, 0.3) is 56.0 Å². The van der Waals surface area contributed by atoms with E-state index in [-0.39, 0.29) is 0 Å². The molecule has 12 aromatic rings. The van der Waals surface area contributed by atoms with E-state index < -0.39 is 5.41 Å². The van der Waals surface area contributed by atoms with Gasteiger partial charge in [-0.15, -0.1) is 0 Å². The molecule has 0 amide bonds. The van der Waals surface area contributed by atoms with Crippen LogP contribution in [0.3, 0.4) is 0 Å². The zero-order valence-electron chi connectivity index (χ0n) is 43.8. The summed E-state index contributed by atoms with van der Waals surface area (Å²) >= 11 is 0. The first-order valence-electron chi connectivity index (χ1n) is 26.2. The number of fused-ring (bicyclic) bond motifs is 10. The van der Waals surface area contributed by atoms with Crippen LogP contribution in [0.4, 0.5) is 34.1 Å². The van der Waals surface area contributed by atoms with Gasteiger partial charge in [-0.1, -0.05) is 133 Å². The lowest BCUT2D eigenvalue weighted by Crippen LogP contribution is -2.33. The van der Waals surface area contributed by atoms with Crippen LogP contribution in [0.2, 0.25) is 0 Å². The number of aryl methyl sites for hydroxylation is 8. The zero-order valence-corrected chi connectivity index (χ0v) is 43.8. The minimum absolute atomic E-state index is 0.828. The summed E-state index contributed by atoms with van der Waals surface area (Å²) in [6, 6.07) is 71.7. The number of rotatable bonds is 8. The van der Waals surface area contributed by atoms with Crippen molar-refractivity contribution in [2.24, 2.45) is 0 Å². The van der Waals surface area contributed by atoms with Crippen molar-refractivity contribution in [3.8, 4) is 0 Å². The molecule has 0 saturated heterocycles. The first kappa shape index (κ1) is 46.0. The van der Waals surface area contributed by atoms with Gasteiger partial charge in [0.15, 0.2) is 0 Å². The fourth-order valence-electron chi connectivity index (χ4n) is 11.9. The van der Waals surface area contributed by atoms with Gasteiger partial charge in [-0.3, -0.25) is 0 Å². The predicted octanol–water partition coefficient (Wildman–Crippen LogP) is 19.8. The van der Waals surface area contributed by atoms with Crippen molar-refractivity contribution >= 4 is 90.2 Å². The molecular formula is C71H58N2O2. The number of furan rings is 2. The molecule has 2 aromatic heterocycles. The Labute approximate surface area is 439 Å². The largest absolute Gasteiger partial charge is 0.455 e. The SMILES string of the molecule is Cc1ccc(N(c2ccc(C)c(C)c2)c2cc3c(c4oc5ccccc5c24)C=Cc2c(cc(N(c4ccc(C)c(C)c4)c4ccc(C)c(C)c4)c4c2oc2ccccc24)C3(c2ccccc2)c2ccccc2)cc1C. The van der Waals surface area contributed by atoms with Gasteiger partial charge in [0, 0.05) is 44.6 Å². The van der Waals surface area contributed by atoms with Crippen LogP contribution in [0.5, 0.6) is 0 Å². The average Bonchev–Trinajstić information content (AvgIpc) is 4.02. The van der Waals surface area contributed by atoms with Crippen LogP contribution in [-0.4, -0.2) is 0 Å². The summed E-state index contributed by atoms with van der Waals surface area (Å²) in [5, 5.41) is 4.22. The molecule has 0 unspecified atom stereocenters. The third-order valence-electron chi connectivity index (χ3n) is 16.4. The van der Waals surface area contributed by atoms with E-state index in [1.54, 1.807) is 0 Å². The van der Waals surface area contributed by atoms with Crippen molar-refractivity contribution in [3.63, 3.8) is 0 Å². The lowest BCUT2D eigenvalue weighted by Gasteiger charge is -2.40. The smallest absolute Gasteiger partial charge is 0.145 e. The molecule has 4 nitrogen and oxygen atoms in total. The van der Waals surface area contributed by atoms with Gasteiger partial charge in [0.2, 0.25) is 0 Å². The second-order valence-corrected chi connectivity index (χ2v) is 20.9. The van der Waals surface area contributed by atoms with E-state index in [0.717, 1.165) is 111 Å². The third-order valence-corrected chi connectivity index (χ3v) is 16.4. The quantitative estimate of drug-likeness (QED) is 0.152. The molecule has 0 saturated carbocycles. The summed E-state index contributed by atoms with van der Waals surface area (Å²) in [6.07, 6.45) is 4.62. The Balaban J connectivity index is 1.25. The van der Waals surface area contributed by atoms with Gasteiger partial charge in [0.05, 0.1) is 27.6 Å². The van der Waals surface area contributed by atoms with Crippen LogP contribution in [-0.2, 0) is 5.41 Å². The van der Waals surface area contributed by atoms with Crippen molar-refractivity contribution in [1.82, 2.24) is 0 Å². The number of nitrogens with zero attached hydrogens (tertiary/aromatic N) is 2. The summed E-state index contributed by atoms with van der Waals surface area (Å²) in [4.78, 5) is 4.93. The highest BCUT2D eigenvalue weighted by Gasteiger charge is 2.45. The number of benzene rings is 10.